The summed E-state index contributed by atoms with van der Waals surface area (Å²) in [5, 5.41) is 4.66. The second kappa shape index (κ2) is 11.5. The van der Waals surface area contributed by atoms with Crippen LogP contribution in [0.5, 0.6) is 0 Å². The molecule has 0 saturated heterocycles. The Kier molecular flexibility index (Phi) is 7.03. The minimum absolute atomic E-state index is 0.868. The average molecular weight is 610 g/mol. The number of fused-ring (bicyclic) bond motifs is 5. The molecule has 9 aromatic rings. The minimum atomic E-state index is 0.868. The smallest absolute Gasteiger partial charge is 0.135 e. The zero-order chi connectivity index (χ0) is 32.1. The molecule has 0 spiro atoms. The zero-order valence-electron chi connectivity index (χ0n) is 27.0. The summed E-state index contributed by atoms with van der Waals surface area (Å²) in [5.41, 5.74) is 12.1. The number of hydrogen-bond donors (Lipinski definition) is 0. The first-order valence-corrected chi connectivity index (χ1v) is 16.4. The van der Waals surface area contributed by atoms with Crippen molar-refractivity contribution in [2.45, 2.75) is 27.7 Å². The van der Waals surface area contributed by atoms with Gasteiger partial charge in [-0.25, -0.2) is 0 Å². The second-order valence-corrected chi connectivity index (χ2v) is 11.8. The molecule has 0 unspecified atom stereocenters. The lowest BCUT2D eigenvalue weighted by atomic mass is 9.95. The summed E-state index contributed by atoms with van der Waals surface area (Å²) in [7, 11) is 0. The van der Waals surface area contributed by atoms with Crippen molar-refractivity contribution in [3.05, 3.63) is 151 Å². The molecule has 3 heteroatoms. The Bertz CT molecular complexity index is 2510. The van der Waals surface area contributed by atoms with E-state index in [9.17, 15) is 0 Å². The summed E-state index contributed by atoms with van der Waals surface area (Å²) in [6.07, 6.45) is 0. The fourth-order valence-electron chi connectivity index (χ4n) is 7.08. The molecule has 0 aliphatic heterocycles. The monoisotopic (exact) mass is 609 g/mol. The molecule has 0 N–H and O–H groups in total. The molecular formula is C44H35NO2. The third kappa shape index (κ3) is 4.66. The van der Waals surface area contributed by atoms with Gasteiger partial charge in [0.1, 0.15) is 22.7 Å². The van der Waals surface area contributed by atoms with Gasteiger partial charge in [-0.2, -0.15) is 0 Å². The van der Waals surface area contributed by atoms with Crippen molar-refractivity contribution in [3.63, 3.8) is 0 Å². The number of aryl methyl sites for hydroxylation is 2. The van der Waals surface area contributed by atoms with Gasteiger partial charge in [0, 0.05) is 38.4 Å². The predicted octanol–water partition coefficient (Wildman–Crippen LogP) is 12.9. The van der Waals surface area contributed by atoms with Gasteiger partial charge in [-0.3, -0.25) is 0 Å². The molecule has 3 heterocycles. The third-order valence-corrected chi connectivity index (χ3v) is 9.10. The molecule has 9 rings (SSSR count). The van der Waals surface area contributed by atoms with Crippen molar-refractivity contribution in [2.75, 3.05) is 0 Å². The van der Waals surface area contributed by atoms with Gasteiger partial charge < -0.3 is 13.4 Å². The van der Waals surface area contributed by atoms with E-state index in [1.807, 2.05) is 13.8 Å². The van der Waals surface area contributed by atoms with E-state index in [0.717, 1.165) is 55.8 Å². The number of aromatic nitrogens is 1. The highest BCUT2D eigenvalue weighted by Crippen LogP contribution is 2.44. The zero-order valence-corrected chi connectivity index (χ0v) is 27.0. The van der Waals surface area contributed by atoms with Gasteiger partial charge in [0.15, 0.2) is 0 Å². The standard InChI is InChI=1S/C42H29NO2.C2H6/c1-26-41(35-24-31(19-21-39(35)44-26)30-14-10-13-29(23-30)28-11-4-3-5-12-28)42-27(2)45-40-22-20-32(25-36(40)42)43-37-17-8-6-15-33(37)34-16-7-9-18-38(34)43;1-2/h3-25H,1-2H3;1-2H3. The van der Waals surface area contributed by atoms with Crippen LogP contribution in [0.15, 0.2) is 148 Å². The number of hydrogen-bond acceptors (Lipinski definition) is 2. The lowest BCUT2D eigenvalue weighted by molar-refractivity contribution is 0.574. The molecule has 47 heavy (non-hydrogen) atoms. The van der Waals surface area contributed by atoms with Crippen LogP contribution in [0.3, 0.4) is 0 Å². The maximum absolute atomic E-state index is 6.40. The van der Waals surface area contributed by atoms with Crippen LogP contribution in [0.2, 0.25) is 0 Å². The Balaban J connectivity index is 0.00000159. The SMILES string of the molecule is CC.Cc1oc2ccc(-c3cccc(-c4ccccc4)c3)cc2c1-c1c(C)oc2ccc(-n3c4ccccc4c4ccccc43)cc12. The van der Waals surface area contributed by atoms with Crippen molar-refractivity contribution < 1.29 is 8.83 Å². The lowest BCUT2D eigenvalue weighted by Gasteiger charge is -2.09. The summed E-state index contributed by atoms with van der Waals surface area (Å²) in [6, 6.07) is 49.5. The van der Waals surface area contributed by atoms with Crippen molar-refractivity contribution in [1.82, 2.24) is 4.57 Å². The van der Waals surface area contributed by atoms with E-state index in [0.29, 0.717) is 0 Å². The quantitative estimate of drug-likeness (QED) is 0.199. The fourth-order valence-corrected chi connectivity index (χ4v) is 7.08. The minimum Gasteiger partial charge on any atom is -0.461 e. The van der Waals surface area contributed by atoms with Gasteiger partial charge in [0.25, 0.3) is 0 Å². The average Bonchev–Trinajstić information content (AvgIpc) is 3.75. The van der Waals surface area contributed by atoms with Crippen LogP contribution in [-0.2, 0) is 0 Å². The van der Waals surface area contributed by atoms with Crippen molar-refractivity contribution in [1.29, 1.82) is 0 Å². The summed E-state index contributed by atoms with van der Waals surface area (Å²) in [4.78, 5) is 0. The molecule has 3 nitrogen and oxygen atoms in total. The van der Waals surface area contributed by atoms with E-state index in [1.54, 1.807) is 0 Å². The van der Waals surface area contributed by atoms with Crippen LogP contribution >= 0.6 is 0 Å². The molecule has 0 saturated carbocycles. The molecule has 228 valence electrons. The first-order valence-electron chi connectivity index (χ1n) is 16.4. The summed E-state index contributed by atoms with van der Waals surface area (Å²) >= 11 is 0. The van der Waals surface area contributed by atoms with Crippen LogP contribution in [0.4, 0.5) is 0 Å². The van der Waals surface area contributed by atoms with E-state index in [1.165, 1.54) is 38.5 Å². The van der Waals surface area contributed by atoms with Gasteiger partial charge in [0.05, 0.1) is 11.0 Å². The molecule has 0 atom stereocenters. The summed E-state index contributed by atoms with van der Waals surface area (Å²) in [6.45, 7) is 8.11. The normalized spacial score (nSPS) is 11.4. The van der Waals surface area contributed by atoms with Crippen LogP contribution < -0.4 is 0 Å². The highest BCUT2D eigenvalue weighted by atomic mass is 16.3. The highest BCUT2D eigenvalue weighted by Gasteiger charge is 2.22. The number of benzene rings is 6. The van der Waals surface area contributed by atoms with Crippen LogP contribution in [0.25, 0.3) is 82.8 Å². The first-order chi connectivity index (χ1) is 23.1. The van der Waals surface area contributed by atoms with E-state index >= 15 is 0 Å². The number of nitrogens with zero attached hydrogens (tertiary/aromatic N) is 1. The van der Waals surface area contributed by atoms with Gasteiger partial charge >= 0.3 is 0 Å². The van der Waals surface area contributed by atoms with Crippen molar-refractivity contribution >= 4 is 43.7 Å². The molecule has 0 radical (unpaired) electrons. The number of rotatable bonds is 4. The van der Waals surface area contributed by atoms with E-state index < -0.39 is 0 Å². The second-order valence-electron chi connectivity index (χ2n) is 11.8. The molecular weight excluding hydrogens is 574 g/mol. The molecule has 0 fully saturated rings. The summed E-state index contributed by atoms with van der Waals surface area (Å²) in [5.74, 6) is 1.76. The Morgan fingerprint density at radius 3 is 1.53 bits per heavy atom. The van der Waals surface area contributed by atoms with Crippen molar-refractivity contribution in [2.24, 2.45) is 0 Å². The van der Waals surface area contributed by atoms with Gasteiger partial charge in [0.2, 0.25) is 0 Å². The van der Waals surface area contributed by atoms with E-state index in [4.69, 9.17) is 8.83 Å². The van der Waals surface area contributed by atoms with E-state index in [2.05, 4.69) is 158 Å². The molecule has 0 bridgehead atoms. The Morgan fingerprint density at radius 2 is 0.894 bits per heavy atom. The highest BCUT2D eigenvalue weighted by molar-refractivity contribution is 6.10. The maximum Gasteiger partial charge on any atom is 0.135 e. The van der Waals surface area contributed by atoms with Gasteiger partial charge in [-0.1, -0.05) is 105 Å². The van der Waals surface area contributed by atoms with Crippen LogP contribution in [-0.4, -0.2) is 4.57 Å². The third-order valence-electron chi connectivity index (χ3n) is 9.10. The fraction of sp³-hybridized carbons (Fsp3) is 0.0909. The molecule has 0 aliphatic rings. The van der Waals surface area contributed by atoms with Crippen LogP contribution in [0.1, 0.15) is 25.4 Å². The molecule has 0 amide bonds. The number of para-hydroxylation sites is 2. The van der Waals surface area contributed by atoms with Gasteiger partial charge in [-0.05, 0) is 84.6 Å². The Labute approximate surface area is 274 Å². The largest absolute Gasteiger partial charge is 0.461 e. The Morgan fingerprint density at radius 1 is 0.404 bits per heavy atom. The lowest BCUT2D eigenvalue weighted by Crippen LogP contribution is -1.93. The van der Waals surface area contributed by atoms with Gasteiger partial charge in [-0.15, -0.1) is 0 Å². The van der Waals surface area contributed by atoms with Crippen LogP contribution in [0, 0.1) is 13.8 Å². The number of furan rings is 2. The maximum atomic E-state index is 6.40. The Hall–Kier alpha value is -5.80. The molecule has 0 aliphatic carbocycles. The molecule has 6 aromatic carbocycles. The van der Waals surface area contributed by atoms with E-state index in [-0.39, 0.29) is 0 Å². The summed E-state index contributed by atoms with van der Waals surface area (Å²) < 4.78 is 15.1. The topological polar surface area (TPSA) is 31.2 Å². The predicted molar refractivity (Wildman–Crippen MR) is 197 cm³/mol. The molecule has 3 aromatic heterocycles. The first kappa shape index (κ1) is 28.7. The van der Waals surface area contributed by atoms with Crippen molar-refractivity contribution in [3.8, 4) is 39.1 Å².